The molecule has 0 unspecified atom stereocenters. The summed E-state index contributed by atoms with van der Waals surface area (Å²) in [5.74, 6) is -2.82. The number of amides is 1. The molecule has 0 fully saturated rings. The molecule has 0 aliphatic carbocycles. The van der Waals surface area contributed by atoms with Gasteiger partial charge in [0.1, 0.15) is 5.84 Å². The number of nitrogens with zero attached hydrogens (tertiary/aromatic N) is 1. The number of hydrogen-bond acceptors (Lipinski definition) is 7. The van der Waals surface area contributed by atoms with E-state index in [2.05, 4.69) is 15.7 Å². The molecule has 0 spiro atoms. The van der Waals surface area contributed by atoms with Crippen molar-refractivity contribution in [3.8, 4) is 11.3 Å². The Morgan fingerprint density at radius 1 is 1.17 bits per heavy atom. The topological polar surface area (TPSA) is 190 Å². The number of anilines is 2. The van der Waals surface area contributed by atoms with Gasteiger partial charge in [-0.2, -0.15) is 0 Å². The number of aromatic carboxylic acids is 1. The Morgan fingerprint density at radius 2 is 1.83 bits per heavy atom. The van der Waals surface area contributed by atoms with E-state index in [9.17, 15) is 19.5 Å². The van der Waals surface area contributed by atoms with Crippen molar-refractivity contribution in [3.05, 3.63) is 80.9 Å². The van der Waals surface area contributed by atoms with Crippen molar-refractivity contribution in [1.82, 2.24) is 15.7 Å². The van der Waals surface area contributed by atoms with Gasteiger partial charge in [-0.3, -0.25) is 15.0 Å². The van der Waals surface area contributed by atoms with Crippen molar-refractivity contribution in [1.29, 1.82) is 5.41 Å². The van der Waals surface area contributed by atoms with Crippen molar-refractivity contribution in [3.63, 3.8) is 0 Å². The van der Waals surface area contributed by atoms with Gasteiger partial charge in [0.05, 0.1) is 17.7 Å². The maximum atomic E-state index is 15.7. The van der Waals surface area contributed by atoms with Crippen molar-refractivity contribution in [2.75, 3.05) is 24.8 Å². The van der Waals surface area contributed by atoms with E-state index in [1.54, 1.807) is 24.3 Å². The minimum atomic E-state index is -1.26. The number of nitrogens with two attached hydrogens (primary N) is 2. The summed E-state index contributed by atoms with van der Waals surface area (Å²) in [6.07, 6.45) is -0.453. The number of nitrogens with one attached hydrogen (secondary N) is 4. The van der Waals surface area contributed by atoms with E-state index in [0.717, 1.165) is 10.6 Å². The number of aromatic nitrogens is 1. The number of amidine groups is 1. The Labute approximate surface area is 205 Å². The molecule has 0 radical (unpaired) electrons. The van der Waals surface area contributed by atoms with Crippen LogP contribution in [-0.4, -0.2) is 41.9 Å². The number of halogens is 1. The highest BCUT2D eigenvalue weighted by atomic mass is 19.1. The Bertz CT molecular complexity index is 1390. The highest BCUT2D eigenvalue weighted by molar-refractivity contribution is 5.95. The first kappa shape index (κ1) is 25.9. The second-order valence-corrected chi connectivity index (χ2v) is 7.97. The van der Waals surface area contributed by atoms with E-state index in [0.29, 0.717) is 5.56 Å². The molecule has 0 bridgehead atoms. The number of rotatable bonds is 9. The molecule has 0 saturated heterocycles. The summed E-state index contributed by atoms with van der Waals surface area (Å²) in [5, 5.41) is 20.7. The van der Waals surface area contributed by atoms with Crippen LogP contribution in [0.4, 0.5) is 15.8 Å². The van der Waals surface area contributed by atoms with Gasteiger partial charge in [-0.15, -0.1) is 0 Å². The lowest BCUT2D eigenvalue weighted by molar-refractivity contribution is -0.120. The molecule has 0 aliphatic heterocycles. The number of carboxylic acids is 1. The predicted molar refractivity (Wildman–Crippen MR) is 134 cm³/mol. The number of carbonyl (C=O) groups excluding carboxylic acids is 1. The van der Waals surface area contributed by atoms with Gasteiger partial charge < -0.3 is 31.9 Å². The minimum Gasteiger partial charge on any atom is -0.478 e. The average Bonchev–Trinajstić information content (AvgIpc) is 2.83. The van der Waals surface area contributed by atoms with Gasteiger partial charge in [0.15, 0.2) is 11.5 Å². The third kappa shape index (κ3) is 5.67. The van der Waals surface area contributed by atoms with Crippen LogP contribution in [0.3, 0.4) is 0 Å². The summed E-state index contributed by atoms with van der Waals surface area (Å²) >= 11 is 0. The highest BCUT2D eigenvalue weighted by Gasteiger charge is 2.24. The molecule has 3 rings (SSSR count). The van der Waals surface area contributed by atoms with Gasteiger partial charge in [0.25, 0.3) is 5.56 Å². The van der Waals surface area contributed by atoms with Crippen LogP contribution >= 0.6 is 0 Å². The molecule has 36 heavy (non-hydrogen) atoms. The summed E-state index contributed by atoms with van der Waals surface area (Å²) in [6, 6.07) is 10.5. The van der Waals surface area contributed by atoms with Gasteiger partial charge in [-0.1, -0.05) is 24.3 Å². The van der Waals surface area contributed by atoms with E-state index in [1.807, 2.05) is 0 Å². The molecular weight excluding hydrogens is 469 g/mol. The first-order chi connectivity index (χ1) is 17.0. The summed E-state index contributed by atoms with van der Waals surface area (Å²) in [4.78, 5) is 39.6. The molecule has 0 aliphatic rings. The Kier molecular flexibility index (Phi) is 7.70. The summed E-state index contributed by atoms with van der Waals surface area (Å²) in [5.41, 5.74) is 13.9. The lowest BCUT2D eigenvalue weighted by atomic mass is 9.99. The molecule has 1 aromatic heterocycles. The molecule has 1 heterocycles. The maximum absolute atomic E-state index is 15.7. The first-order valence-electron chi connectivity index (χ1n) is 10.7. The zero-order chi connectivity index (χ0) is 26.6. The fourth-order valence-corrected chi connectivity index (χ4v) is 3.57. The number of nitrogen functional groups attached to an aromatic ring is 2. The fraction of sp³-hybridized carbons (Fsp3) is 0.167. The quantitative estimate of drug-likeness (QED) is 0.0996. The minimum absolute atomic E-state index is 0.0542. The number of pyridine rings is 1. The van der Waals surface area contributed by atoms with Crippen LogP contribution in [0, 0.1) is 11.2 Å². The lowest BCUT2D eigenvalue weighted by Gasteiger charge is -2.21. The molecule has 9 N–H and O–H groups in total. The van der Waals surface area contributed by atoms with Crippen LogP contribution in [0.25, 0.3) is 11.3 Å². The van der Waals surface area contributed by atoms with Gasteiger partial charge in [0.2, 0.25) is 5.91 Å². The van der Waals surface area contributed by atoms with Crippen LogP contribution in [0.1, 0.15) is 27.0 Å². The molecule has 3 aromatic rings. The Balaban J connectivity index is 1.99. The largest absolute Gasteiger partial charge is 0.478 e. The third-order valence-corrected chi connectivity index (χ3v) is 5.48. The zero-order valence-corrected chi connectivity index (χ0v) is 19.6. The maximum Gasteiger partial charge on any atom is 0.335 e. The van der Waals surface area contributed by atoms with Gasteiger partial charge >= 0.3 is 5.97 Å². The van der Waals surface area contributed by atoms with Crippen LogP contribution < -0.4 is 32.8 Å². The molecular formula is C24H26FN7O4. The number of carbonyl (C=O) groups is 2. The zero-order valence-electron chi connectivity index (χ0n) is 19.6. The molecule has 0 saturated carbocycles. The second kappa shape index (κ2) is 10.7. The smallest absolute Gasteiger partial charge is 0.335 e. The number of aromatic amines is 1. The van der Waals surface area contributed by atoms with E-state index < -0.39 is 29.7 Å². The van der Waals surface area contributed by atoms with E-state index in [4.69, 9.17) is 16.9 Å². The van der Waals surface area contributed by atoms with Crippen LogP contribution in [0.5, 0.6) is 0 Å². The second-order valence-electron chi connectivity index (χ2n) is 7.97. The fourth-order valence-electron chi connectivity index (χ4n) is 3.57. The van der Waals surface area contributed by atoms with Crippen molar-refractivity contribution in [2.24, 2.45) is 5.73 Å². The van der Waals surface area contributed by atoms with Gasteiger partial charge in [-0.25, -0.2) is 14.6 Å². The molecule has 12 heteroatoms. The Morgan fingerprint density at radius 3 is 2.42 bits per heavy atom. The molecule has 1 amide bonds. The summed E-state index contributed by atoms with van der Waals surface area (Å²) in [6.45, 7) is 0.127. The van der Waals surface area contributed by atoms with Crippen LogP contribution in [0.2, 0.25) is 0 Å². The van der Waals surface area contributed by atoms with Crippen molar-refractivity contribution < 1.29 is 19.1 Å². The van der Waals surface area contributed by atoms with E-state index >= 15 is 4.39 Å². The monoisotopic (exact) mass is 495 g/mol. The highest BCUT2D eigenvalue weighted by Crippen LogP contribution is 2.29. The van der Waals surface area contributed by atoms with Gasteiger partial charge in [0, 0.05) is 43.0 Å². The number of benzene rings is 2. The molecule has 11 nitrogen and oxygen atoms in total. The lowest BCUT2D eigenvalue weighted by Crippen LogP contribution is -2.37. The molecule has 0 atom stereocenters. The van der Waals surface area contributed by atoms with Crippen LogP contribution in [-0.2, 0) is 17.8 Å². The molecule has 2 aromatic carbocycles. The summed E-state index contributed by atoms with van der Waals surface area (Å²) < 4.78 is 15.7. The molecule has 188 valence electrons. The standard InChI is InChI=1S/C24H26FN7O4/c1-29-32(2)21-19(25)17(10-18(33)30-11-12-3-5-13(6-4-12)22(27)28)20(31-23(21)34)14-7-15(24(35)36)9-16(26)8-14/h3-9,29H,10-11,26H2,1-2H3,(H3,27,28)(H,30,33)(H,31,34)(H,35,36). The van der Waals surface area contributed by atoms with Gasteiger partial charge in [-0.05, 0) is 23.8 Å². The SMILES string of the molecule is CNN(C)c1c(F)c(CC(=O)NCc2ccc(C(=N)N)cc2)c(-c2cc(N)cc(C(=O)O)c2)[nH]c1=O. The predicted octanol–water partition coefficient (Wildman–Crippen LogP) is 1.17. The summed E-state index contributed by atoms with van der Waals surface area (Å²) in [7, 11) is 2.93. The number of hydrazine groups is 1. The van der Waals surface area contributed by atoms with Crippen LogP contribution in [0.15, 0.2) is 47.3 Å². The third-order valence-electron chi connectivity index (χ3n) is 5.48. The Hall–Kier alpha value is -4.71. The number of H-pyrrole nitrogens is 1. The van der Waals surface area contributed by atoms with Crippen molar-refractivity contribution >= 4 is 29.1 Å². The normalized spacial score (nSPS) is 10.6. The number of hydrogen-bond donors (Lipinski definition) is 7. The van der Waals surface area contributed by atoms with E-state index in [-0.39, 0.29) is 46.1 Å². The number of carboxylic acid groups (broad SMARTS) is 1. The van der Waals surface area contributed by atoms with Crippen molar-refractivity contribution in [2.45, 2.75) is 13.0 Å². The van der Waals surface area contributed by atoms with E-state index in [1.165, 1.54) is 32.3 Å². The average molecular weight is 496 g/mol. The first-order valence-corrected chi connectivity index (χ1v) is 10.7.